The summed E-state index contributed by atoms with van der Waals surface area (Å²) in [6.45, 7) is 7.13. The second-order valence-corrected chi connectivity index (χ2v) is 5.25. The molecule has 0 spiro atoms. The van der Waals surface area contributed by atoms with Crippen LogP contribution >= 0.6 is 15.9 Å². The van der Waals surface area contributed by atoms with E-state index in [-0.39, 0.29) is 5.56 Å². The van der Waals surface area contributed by atoms with Gasteiger partial charge in [0.05, 0.1) is 0 Å². The highest BCUT2D eigenvalue weighted by Crippen LogP contribution is 2.04. The lowest BCUT2D eigenvalue weighted by Crippen LogP contribution is -2.24. The minimum Gasteiger partial charge on any atom is -0.316 e. The third-order valence-electron chi connectivity index (χ3n) is 2.25. The van der Waals surface area contributed by atoms with Crippen LogP contribution in [0.3, 0.4) is 0 Å². The Labute approximate surface area is 105 Å². The number of rotatable bonds is 6. The highest BCUT2D eigenvalue weighted by atomic mass is 79.9. The van der Waals surface area contributed by atoms with E-state index in [9.17, 15) is 4.79 Å². The van der Waals surface area contributed by atoms with E-state index in [0.717, 1.165) is 30.5 Å². The van der Waals surface area contributed by atoms with Gasteiger partial charge in [0.25, 0.3) is 5.56 Å². The van der Waals surface area contributed by atoms with Gasteiger partial charge in [0.15, 0.2) is 0 Å². The predicted octanol–water partition coefficient (Wildman–Crippen LogP) is 2.25. The molecule has 1 rings (SSSR count). The smallest absolute Gasteiger partial charge is 0.250 e. The predicted molar refractivity (Wildman–Crippen MR) is 70.7 cm³/mol. The second kappa shape index (κ2) is 6.86. The molecule has 0 fully saturated rings. The first-order chi connectivity index (χ1) is 7.59. The Bertz CT molecular complexity index is 374. The van der Waals surface area contributed by atoms with Gasteiger partial charge in [-0.25, -0.2) is 0 Å². The molecule has 0 saturated carbocycles. The Kier molecular flexibility index (Phi) is 5.77. The first-order valence-electron chi connectivity index (χ1n) is 5.66. The van der Waals surface area contributed by atoms with Crippen LogP contribution in [0.5, 0.6) is 0 Å². The van der Waals surface area contributed by atoms with Gasteiger partial charge in [-0.2, -0.15) is 0 Å². The summed E-state index contributed by atoms with van der Waals surface area (Å²) in [5, 5.41) is 3.36. The van der Waals surface area contributed by atoms with Crippen LogP contribution in [0.2, 0.25) is 0 Å². The first kappa shape index (κ1) is 13.5. The molecule has 0 aliphatic carbocycles. The molecule has 90 valence electrons. The van der Waals surface area contributed by atoms with Gasteiger partial charge in [-0.15, -0.1) is 0 Å². The van der Waals surface area contributed by atoms with E-state index >= 15 is 0 Å². The molecule has 16 heavy (non-hydrogen) atoms. The largest absolute Gasteiger partial charge is 0.316 e. The van der Waals surface area contributed by atoms with Gasteiger partial charge in [0.2, 0.25) is 0 Å². The molecule has 0 amide bonds. The summed E-state index contributed by atoms with van der Waals surface area (Å²) in [5.41, 5.74) is 0.0621. The van der Waals surface area contributed by atoms with E-state index in [1.807, 2.05) is 6.20 Å². The van der Waals surface area contributed by atoms with E-state index in [1.165, 1.54) is 0 Å². The molecule has 0 bridgehead atoms. The Hall–Kier alpha value is -0.610. The van der Waals surface area contributed by atoms with Crippen molar-refractivity contribution in [3.05, 3.63) is 33.2 Å². The third kappa shape index (κ3) is 4.94. The summed E-state index contributed by atoms with van der Waals surface area (Å²) >= 11 is 3.36. The molecule has 0 saturated heterocycles. The molecule has 0 radical (unpaired) electrons. The minimum absolute atomic E-state index is 0.0621. The molecule has 0 unspecified atom stereocenters. The molecule has 1 aromatic heterocycles. The van der Waals surface area contributed by atoms with Crippen molar-refractivity contribution in [2.45, 2.75) is 26.8 Å². The van der Waals surface area contributed by atoms with E-state index in [0.29, 0.717) is 5.92 Å². The fourth-order valence-corrected chi connectivity index (χ4v) is 1.82. The van der Waals surface area contributed by atoms with E-state index < -0.39 is 0 Å². The molecule has 4 heteroatoms. The van der Waals surface area contributed by atoms with Crippen LogP contribution in [0.25, 0.3) is 0 Å². The van der Waals surface area contributed by atoms with Crippen LogP contribution in [0.4, 0.5) is 0 Å². The van der Waals surface area contributed by atoms with Gasteiger partial charge >= 0.3 is 0 Å². The average molecular weight is 287 g/mol. The zero-order chi connectivity index (χ0) is 12.0. The van der Waals surface area contributed by atoms with Crippen LogP contribution in [0.15, 0.2) is 27.6 Å². The van der Waals surface area contributed by atoms with Gasteiger partial charge in [-0.3, -0.25) is 4.79 Å². The van der Waals surface area contributed by atoms with Crippen molar-refractivity contribution in [2.24, 2.45) is 5.92 Å². The Morgan fingerprint density at radius 3 is 2.88 bits per heavy atom. The van der Waals surface area contributed by atoms with Crippen LogP contribution < -0.4 is 10.9 Å². The number of aryl methyl sites for hydroxylation is 1. The number of pyridine rings is 1. The number of hydrogen-bond donors (Lipinski definition) is 1. The number of nitrogens with zero attached hydrogens (tertiary/aromatic N) is 1. The summed E-state index contributed by atoms with van der Waals surface area (Å²) in [6, 6.07) is 3.36. The molecular formula is C12H19BrN2O. The zero-order valence-electron chi connectivity index (χ0n) is 9.87. The number of nitrogens with one attached hydrogen (secondary N) is 1. The van der Waals surface area contributed by atoms with Gasteiger partial charge in [-0.05, 0) is 47.4 Å². The zero-order valence-corrected chi connectivity index (χ0v) is 11.5. The maximum atomic E-state index is 11.5. The van der Waals surface area contributed by atoms with Gasteiger partial charge in [0.1, 0.15) is 0 Å². The summed E-state index contributed by atoms with van der Waals surface area (Å²) < 4.78 is 2.68. The average Bonchev–Trinajstić information content (AvgIpc) is 2.22. The van der Waals surface area contributed by atoms with Crippen molar-refractivity contribution >= 4 is 15.9 Å². The van der Waals surface area contributed by atoms with Crippen LogP contribution in [0.1, 0.15) is 20.3 Å². The fraction of sp³-hybridized carbons (Fsp3) is 0.583. The summed E-state index contributed by atoms with van der Waals surface area (Å²) in [7, 11) is 0. The number of aromatic nitrogens is 1. The second-order valence-electron chi connectivity index (χ2n) is 4.33. The van der Waals surface area contributed by atoms with Crippen molar-refractivity contribution < 1.29 is 0 Å². The lowest BCUT2D eigenvalue weighted by Gasteiger charge is -2.08. The molecule has 0 aliphatic rings. The lowest BCUT2D eigenvalue weighted by molar-refractivity contribution is 0.517. The number of hydrogen-bond acceptors (Lipinski definition) is 2. The molecule has 1 aromatic rings. The normalized spacial score (nSPS) is 11.0. The van der Waals surface area contributed by atoms with Crippen LogP contribution in [-0.2, 0) is 6.54 Å². The SMILES string of the molecule is CC(C)CNCCCn1cc(Br)ccc1=O. The van der Waals surface area contributed by atoms with Crippen molar-refractivity contribution in [1.29, 1.82) is 0 Å². The van der Waals surface area contributed by atoms with Crippen LogP contribution in [0, 0.1) is 5.92 Å². The Morgan fingerprint density at radius 2 is 2.19 bits per heavy atom. The minimum atomic E-state index is 0.0621. The molecule has 0 atom stereocenters. The Balaban J connectivity index is 2.32. The Morgan fingerprint density at radius 1 is 1.44 bits per heavy atom. The third-order valence-corrected chi connectivity index (χ3v) is 2.72. The maximum absolute atomic E-state index is 11.5. The monoisotopic (exact) mass is 286 g/mol. The van der Waals surface area contributed by atoms with Crippen molar-refractivity contribution in [3.8, 4) is 0 Å². The van der Waals surface area contributed by atoms with Crippen molar-refractivity contribution in [2.75, 3.05) is 13.1 Å². The molecule has 1 heterocycles. The van der Waals surface area contributed by atoms with E-state index in [4.69, 9.17) is 0 Å². The lowest BCUT2D eigenvalue weighted by atomic mass is 10.2. The van der Waals surface area contributed by atoms with E-state index in [1.54, 1.807) is 16.7 Å². The fourth-order valence-electron chi connectivity index (χ4n) is 1.44. The quantitative estimate of drug-likeness (QED) is 0.814. The van der Waals surface area contributed by atoms with Crippen molar-refractivity contribution in [1.82, 2.24) is 9.88 Å². The van der Waals surface area contributed by atoms with Gasteiger partial charge in [-0.1, -0.05) is 13.8 Å². The van der Waals surface area contributed by atoms with Gasteiger partial charge < -0.3 is 9.88 Å². The highest BCUT2D eigenvalue weighted by Gasteiger charge is 1.97. The maximum Gasteiger partial charge on any atom is 0.250 e. The van der Waals surface area contributed by atoms with E-state index in [2.05, 4.69) is 35.1 Å². The molecule has 0 aromatic carbocycles. The molecule has 3 nitrogen and oxygen atoms in total. The number of halogens is 1. The van der Waals surface area contributed by atoms with Gasteiger partial charge in [0, 0.05) is 23.3 Å². The topological polar surface area (TPSA) is 34.0 Å². The molecule has 0 aliphatic heterocycles. The summed E-state index contributed by atoms with van der Waals surface area (Å²) in [4.78, 5) is 11.5. The standard InChI is InChI=1S/C12H19BrN2O/c1-10(2)8-14-6-3-7-15-9-11(13)4-5-12(15)16/h4-5,9-10,14H,3,6-8H2,1-2H3. The van der Waals surface area contributed by atoms with Crippen molar-refractivity contribution in [3.63, 3.8) is 0 Å². The summed E-state index contributed by atoms with van der Waals surface area (Å²) in [5.74, 6) is 0.675. The highest BCUT2D eigenvalue weighted by molar-refractivity contribution is 9.10. The molecular weight excluding hydrogens is 268 g/mol. The summed E-state index contributed by atoms with van der Waals surface area (Å²) in [6.07, 6.45) is 2.81. The first-order valence-corrected chi connectivity index (χ1v) is 6.45. The van der Waals surface area contributed by atoms with Crippen LogP contribution in [-0.4, -0.2) is 17.7 Å². The molecule has 1 N–H and O–H groups in total.